The lowest BCUT2D eigenvalue weighted by Gasteiger charge is -2.25. The summed E-state index contributed by atoms with van der Waals surface area (Å²) in [5, 5.41) is 8.10. The third-order valence-corrected chi connectivity index (χ3v) is 6.66. The number of nitrogens with zero attached hydrogens (tertiary/aromatic N) is 5. The summed E-state index contributed by atoms with van der Waals surface area (Å²) in [5.41, 5.74) is 4.60. The summed E-state index contributed by atoms with van der Waals surface area (Å²) in [5.74, 6) is 2.29. The summed E-state index contributed by atoms with van der Waals surface area (Å²) in [6.45, 7) is 2.78. The number of carbonyl (C=O) groups is 1. The molecule has 8 heteroatoms. The van der Waals surface area contributed by atoms with Gasteiger partial charge in [0.15, 0.2) is 5.82 Å². The van der Waals surface area contributed by atoms with Crippen LogP contribution in [0.5, 0.6) is 0 Å². The van der Waals surface area contributed by atoms with Gasteiger partial charge in [-0.15, -0.1) is 0 Å². The predicted octanol–water partition coefficient (Wildman–Crippen LogP) is 4.20. The van der Waals surface area contributed by atoms with Crippen molar-refractivity contribution in [3.63, 3.8) is 0 Å². The Morgan fingerprint density at radius 1 is 1.16 bits per heavy atom. The van der Waals surface area contributed by atoms with E-state index in [4.69, 9.17) is 16.6 Å². The van der Waals surface area contributed by atoms with Crippen LogP contribution < -0.4 is 5.32 Å². The molecule has 1 N–H and O–H groups in total. The Hall–Kier alpha value is -3.19. The quantitative estimate of drug-likeness (QED) is 0.509. The zero-order valence-electron chi connectivity index (χ0n) is 17.8. The van der Waals surface area contributed by atoms with Gasteiger partial charge in [-0.05, 0) is 62.1 Å². The third-order valence-electron chi connectivity index (χ3n) is 6.35. The fraction of sp³-hybridized carbons (Fsp3) is 0.333. The zero-order chi connectivity index (χ0) is 21.8. The molecule has 3 heterocycles. The Bertz CT molecular complexity index is 1350. The molecule has 0 radical (unpaired) electrons. The minimum absolute atomic E-state index is 0.0286. The predicted molar refractivity (Wildman–Crippen MR) is 122 cm³/mol. The van der Waals surface area contributed by atoms with E-state index in [0.717, 1.165) is 54.1 Å². The van der Waals surface area contributed by atoms with Crippen LogP contribution in [0.15, 0.2) is 42.7 Å². The van der Waals surface area contributed by atoms with Crippen molar-refractivity contribution in [3.05, 3.63) is 70.5 Å². The van der Waals surface area contributed by atoms with Gasteiger partial charge in [-0.3, -0.25) is 4.79 Å². The number of nitrogens with one attached hydrogen (secondary N) is 1. The fourth-order valence-corrected chi connectivity index (χ4v) is 4.70. The van der Waals surface area contributed by atoms with Crippen LogP contribution in [0.25, 0.3) is 16.7 Å². The van der Waals surface area contributed by atoms with Gasteiger partial charge in [0.25, 0.3) is 5.91 Å². The molecule has 6 rings (SSSR count). The molecule has 7 nitrogen and oxygen atoms in total. The Kier molecular flexibility index (Phi) is 4.54. The number of imidazole rings is 1. The molecule has 4 aromatic rings. The Balaban J connectivity index is 1.19. The number of hydrogen-bond donors (Lipinski definition) is 1. The molecule has 0 saturated heterocycles. The largest absolute Gasteiger partial charge is 0.347 e. The number of benzene rings is 2. The molecule has 32 heavy (non-hydrogen) atoms. The van der Waals surface area contributed by atoms with Crippen LogP contribution >= 0.6 is 11.6 Å². The number of hydrogen-bond acceptors (Lipinski definition) is 4. The number of aromatic nitrogens is 5. The molecule has 2 aliphatic rings. The van der Waals surface area contributed by atoms with Gasteiger partial charge in [-0.1, -0.05) is 17.7 Å². The highest BCUT2D eigenvalue weighted by molar-refractivity contribution is 6.34. The van der Waals surface area contributed by atoms with Crippen molar-refractivity contribution in [2.24, 2.45) is 0 Å². The molecule has 2 aromatic heterocycles. The summed E-state index contributed by atoms with van der Waals surface area (Å²) >= 11 is 6.49. The molecule has 1 fully saturated rings. The van der Waals surface area contributed by atoms with Crippen LogP contribution in [-0.4, -0.2) is 36.3 Å². The SMILES string of the molecule is Cc1ccc2c(c1)nc1n2CC(NC(=O)c2ccc(-n3cnc(C4CC4)n3)cc2Cl)CC1. The second-order valence-corrected chi connectivity index (χ2v) is 9.23. The van der Waals surface area contributed by atoms with Crippen molar-refractivity contribution >= 4 is 28.5 Å². The van der Waals surface area contributed by atoms with Crippen LogP contribution in [0.2, 0.25) is 5.02 Å². The van der Waals surface area contributed by atoms with E-state index >= 15 is 0 Å². The highest BCUT2D eigenvalue weighted by Crippen LogP contribution is 2.38. The molecular weight excluding hydrogens is 424 g/mol. The molecule has 1 saturated carbocycles. The summed E-state index contributed by atoms with van der Waals surface area (Å²) in [7, 11) is 0. The van der Waals surface area contributed by atoms with Gasteiger partial charge >= 0.3 is 0 Å². The Labute approximate surface area is 190 Å². The van der Waals surface area contributed by atoms with E-state index < -0.39 is 0 Å². The van der Waals surface area contributed by atoms with Crippen LogP contribution in [0.4, 0.5) is 0 Å². The second kappa shape index (κ2) is 7.45. The summed E-state index contributed by atoms with van der Waals surface area (Å²) in [4.78, 5) is 22.1. The van der Waals surface area contributed by atoms with Crippen molar-refractivity contribution in [3.8, 4) is 5.69 Å². The van der Waals surface area contributed by atoms with Crippen LogP contribution in [0.1, 0.15) is 52.8 Å². The lowest BCUT2D eigenvalue weighted by Crippen LogP contribution is -2.41. The van der Waals surface area contributed by atoms with E-state index in [1.165, 1.54) is 5.56 Å². The van der Waals surface area contributed by atoms with Crippen molar-refractivity contribution in [2.45, 2.75) is 51.1 Å². The van der Waals surface area contributed by atoms with E-state index in [-0.39, 0.29) is 11.9 Å². The molecular formula is C24H23ClN6O. The maximum Gasteiger partial charge on any atom is 0.253 e. The van der Waals surface area contributed by atoms with Gasteiger partial charge in [0, 0.05) is 24.9 Å². The van der Waals surface area contributed by atoms with Crippen LogP contribution in [0, 0.1) is 6.92 Å². The minimum Gasteiger partial charge on any atom is -0.347 e. The first-order chi connectivity index (χ1) is 15.5. The first-order valence-corrected chi connectivity index (χ1v) is 11.4. The second-order valence-electron chi connectivity index (χ2n) is 8.83. The lowest BCUT2D eigenvalue weighted by atomic mass is 10.1. The van der Waals surface area contributed by atoms with Crippen molar-refractivity contribution < 1.29 is 4.79 Å². The van der Waals surface area contributed by atoms with Gasteiger partial charge in [0.1, 0.15) is 12.2 Å². The van der Waals surface area contributed by atoms with E-state index in [1.807, 2.05) is 6.07 Å². The normalized spacial score (nSPS) is 18.0. The summed E-state index contributed by atoms with van der Waals surface area (Å²) in [6.07, 6.45) is 5.70. The smallest absolute Gasteiger partial charge is 0.253 e. The third kappa shape index (κ3) is 3.46. The highest BCUT2D eigenvalue weighted by atomic mass is 35.5. The fourth-order valence-electron chi connectivity index (χ4n) is 4.44. The minimum atomic E-state index is -0.160. The number of carbonyl (C=O) groups excluding carboxylic acids is 1. The molecule has 0 bridgehead atoms. The highest BCUT2D eigenvalue weighted by Gasteiger charge is 2.28. The first-order valence-electron chi connectivity index (χ1n) is 11.0. The number of aryl methyl sites for hydroxylation is 2. The molecule has 0 spiro atoms. The Morgan fingerprint density at radius 2 is 2.03 bits per heavy atom. The lowest BCUT2D eigenvalue weighted by molar-refractivity contribution is 0.0928. The number of rotatable bonds is 4. The summed E-state index contributed by atoms with van der Waals surface area (Å²) < 4.78 is 3.94. The molecule has 1 atom stereocenters. The van der Waals surface area contributed by atoms with Crippen molar-refractivity contribution in [2.75, 3.05) is 0 Å². The number of fused-ring (bicyclic) bond motifs is 3. The zero-order valence-corrected chi connectivity index (χ0v) is 18.5. The molecule has 2 aromatic carbocycles. The molecule has 1 unspecified atom stereocenters. The van der Waals surface area contributed by atoms with Gasteiger partial charge in [-0.2, -0.15) is 5.10 Å². The average Bonchev–Trinajstić information content (AvgIpc) is 3.40. The Morgan fingerprint density at radius 3 is 2.84 bits per heavy atom. The van der Waals surface area contributed by atoms with Crippen LogP contribution in [0.3, 0.4) is 0 Å². The monoisotopic (exact) mass is 446 g/mol. The van der Waals surface area contributed by atoms with E-state index in [9.17, 15) is 4.79 Å². The van der Waals surface area contributed by atoms with Gasteiger partial charge in [0.05, 0.1) is 27.3 Å². The first kappa shape index (κ1) is 19.5. The van der Waals surface area contributed by atoms with Crippen LogP contribution in [-0.2, 0) is 13.0 Å². The molecule has 1 aliphatic heterocycles. The van der Waals surface area contributed by atoms with Gasteiger partial charge in [0.2, 0.25) is 0 Å². The standard InChI is InChI=1S/C24H23ClN6O/c1-14-2-8-21-20(10-14)28-22-9-5-16(12-30(21)22)27-24(32)18-7-6-17(11-19(18)25)31-13-26-23(29-31)15-3-4-15/h2,6-8,10-11,13,15-16H,3-5,9,12H2,1H3,(H,27,32). The maximum atomic E-state index is 13.0. The summed E-state index contributed by atoms with van der Waals surface area (Å²) in [6, 6.07) is 11.7. The topological polar surface area (TPSA) is 77.6 Å². The van der Waals surface area contributed by atoms with Crippen molar-refractivity contribution in [1.82, 2.24) is 29.6 Å². The van der Waals surface area contributed by atoms with E-state index in [2.05, 4.69) is 45.1 Å². The molecule has 1 amide bonds. The molecule has 1 aliphatic carbocycles. The van der Waals surface area contributed by atoms with E-state index in [0.29, 0.717) is 23.0 Å². The number of amides is 1. The number of halogens is 1. The van der Waals surface area contributed by atoms with Crippen molar-refractivity contribution in [1.29, 1.82) is 0 Å². The maximum absolute atomic E-state index is 13.0. The van der Waals surface area contributed by atoms with Gasteiger partial charge in [-0.25, -0.2) is 14.6 Å². The van der Waals surface area contributed by atoms with E-state index in [1.54, 1.807) is 23.1 Å². The average molecular weight is 447 g/mol. The molecule has 162 valence electrons. The van der Waals surface area contributed by atoms with Gasteiger partial charge < -0.3 is 9.88 Å².